The second-order valence-corrected chi connectivity index (χ2v) is 19.7. The highest BCUT2D eigenvalue weighted by atomic mass is 32.1. The monoisotopic (exact) mass is 964 g/mol. The van der Waals surface area contributed by atoms with Crippen molar-refractivity contribution in [3.63, 3.8) is 0 Å². The van der Waals surface area contributed by atoms with E-state index in [1.807, 2.05) is 59.0 Å². The zero-order valence-corrected chi connectivity index (χ0v) is 42.5. The number of likely N-dealkylation sites (N-methyl/N-ethyl adjacent to an activating group) is 2. The molecule has 4 rings (SSSR count). The molecule has 0 radical (unpaired) electrons. The summed E-state index contributed by atoms with van der Waals surface area (Å²) in [5.74, 6) is -1.51. The Kier molecular flexibility index (Phi) is 21.1. The fraction of sp³-hybridized carbons (Fsp3) is 0.600. The second-order valence-electron chi connectivity index (χ2n) is 18.7. The minimum Gasteiger partial charge on any atom is -0.395 e. The number of nitro benzene ring substituents is 1. The average molecular weight is 965 g/mol. The summed E-state index contributed by atoms with van der Waals surface area (Å²) < 4.78 is 22.6. The summed E-state index contributed by atoms with van der Waals surface area (Å²) >= 11 is 1.40. The van der Waals surface area contributed by atoms with Gasteiger partial charge in [0.1, 0.15) is 16.5 Å². The van der Waals surface area contributed by atoms with Crippen LogP contribution in [0.1, 0.15) is 97.2 Å². The number of aromatic nitrogens is 1. The first-order valence-corrected chi connectivity index (χ1v) is 24.3. The number of amides is 3. The van der Waals surface area contributed by atoms with Gasteiger partial charge in [0.2, 0.25) is 17.7 Å². The number of nitrogens with one attached hydrogen (secondary N) is 1. The third-order valence-corrected chi connectivity index (χ3v) is 14.1. The van der Waals surface area contributed by atoms with Gasteiger partial charge in [-0.2, -0.15) is 0 Å². The molecule has 1 aliphatic rings. The predicted octanol–water partition coefficient (Wildman–Crippen LogP) is 7.77. The van der Waals surface area contributed by atoms with Crippen LogP contribution in [-0.2, 0) is 35.1 Å². The highest BCUT2D eigenvalue weighted by Crippen LogP contribution is 2.32. The van der Waals surface area contributed by atoms with Crippen molar-refractivity contribution >= 4 is 46.7 Å². The summed E-state index contributed by atoms with van der Waals surface area (Å²) in [5.41, 5.74) is 0.675. The Bertz CT molecular complexity index is 2110. The molecule has 0 unspecified atom stereocenters. The van der Waals surface area contributed by atoms with Crippen molar-refractivity contribution in [2.24, 2.45) is 29.6 Å². The van der Waals surface area contributed by atoms with Gasteiger partial charge in [-0.3, -0.25) is 34.2 Å². The van der Waals surface area contributed by atoms with Crippen LogP contribution in [0.15, 0.2) is 60.1 Å². The number of ketones is 1. The molecule has 3 amide bonds. The van der Waals surface area contributed by atoms with Crippen molar-refractivity contribution in [3.05, 3.63) is 80.8 Å². The number of likely N-dealkylation sites (tertiary alicyclic amines) is 1. The molecule has 374 valence electrons. The maximum atomic E-state index is 14.4. The Morgan fingerprint density at radius 2 is 1.51 bits per heavy atom. The lowest BCUT2D eigenvalue weighted by Crippen LogP contribution is -2.54. The van der Waals surface area contributed by atoms with E-state index in [-0.39, 0.29) is 77.3 Å². The summed E-state index contributed by atoms with van der Waals surface area (Å²) in [7, 11) is 8.65. The van der Waals surface area contributed by atoms with Crippen LogP contribution in [0.25, 0.3) is 0 Å². The van der Waals surface area contributed by atoms with Gasteiger partial charge in [-0.1, -0.05) is 67.0 Å². The van der Waals surface area contributed by atoms with Crippen molar-refractivity contribution < 1.29 is 47.8 Å². The van der Waals surface area contributed by atoms with Crippen LogP contribution in [-0.4, -0.2) is 127 Å². The molecule has 1 aromatic heterocycles. The summed E-state index contributed by atoms with van der Waals surface area (Å²) in [4.78, 5) is 89.4. The number of ether oxygens (including phenoxy) is 4. The first-order chi connectivity index (χ1) is 32.2. The summed E-state index contributed by atoms with van der Waals surface area (Å²) in [6, 6.07) is 10.1. The number of methoxy groups -OCH3 is 2. The number of carbonyl (C=O) groups is 5. The molecule has 3 aromatic rings. The molecule has 0 spiro atoms. The number of nitrogens with zero attached hydrogens (tertiary/aromatic N) is 5. The van der Waals surface area contributed by atoms with Crippen molar-refractivity contribution in [3.8, 4) is 11.5 Å². The normalized spacial score (nSPS) is 17.5. The van der Waals surface area contributed by atoms with Crippen LogP contribution in [0.4, 0.5) is 10.5 Å². The zero-order chi connectivity index (χ0) is 50.4. The Balaban J connectivity index is 1.44. The summed E-state index contributed by atoms with van der Waals surface area (Å²) in [6.45, 7) is 14.3. The molecule has 1 saturated heterocycles. The van der Waals surface area contributed by atoms with Crippen LogP contribution >= 0.6 is 11.3 Å². The molecule has 0 bridgehead atoms. The van der Waals surface area contributed by atoms with Gasteiger partial charge in [0, 0.05) is 63.9 Å². The van der Waals surface area contributed by atoms with Gasteiger partial charge < -0.3 is 34.1 Å². The average Bonchev–Trinajstić information content (AvgIpc) is 4.02. The van der Waals surface area contributed by atoms with E-state index in [4.69, 9.17) is 18.9 Å². The Hall–Kier alpha value is -5.30. The predicted molar refractivity (Wildman–Crippen MR) is 259 cm³/mol. The van der Waals surface area contributed by atoms with E-state index in [0.29, 0.717) is 24.4 Å². The molecule has 18 heteroatoms. The lowest BCUT2D eigenvalue weighted by atomic mass is 9.83. The maximum absolute atomic E-state index is 14.4. The van der Waals surface area contributed by atoms with Gasteiger partial charge in [-0.25, -0.2) is 9.78 Å². The molecule has 2 aromatic carbocycles. The smallest absolute Gasteiger partial charge is 0.395 e. The molecule has 0 aliphatic carbocycles. The van der Waals surface area contributed by atoms with E-state index in [1.54, 1.807) is 68.5 Å². The van der Waals surface area contributed by atoms with Crippen molar-refractivity contribution in [2.45, 2.75) is 123 Å². The van der Waals surface area contributed by atoms with E-state index in [1.165, 1.54) is 35.6 Å². The lowest BCUT2D eigenvalue weighted by molar-refractivity contribution is -0.384. The molecular weight excluding hydrogens is 893 g/mol. The quantitative estimate of drug-likeness (QED) is 0.0374. The second kappa shape index (κ2) is 25.9. The standard InChI is InChI=1S/C50H72N6O11S/c1-13-32(6)45(54(10)49(60)38(30(2)3)28-41(57)44(31(4)5)53(8)9)42(64-11)29-43(58)55-25-14-15-40(55)46(65-12)33(7)47(59)52-39(48-51-24-26-68-48)27-34-16-20-36(21-17-34)66-50(61)67-37-22-18-35(19-23-37)56(62)63/h16-24,26,30-33,38-40,42,44-46H,13-15,25,27-29H2,1-12H3,(H,52,59)/t32-,33+,38-,39-,40-,42+,44-,45-,46+/m0/s1. The maximum Gasteiger partial charge on any atom is 0.519 e. The SMILES string of the molecule is CC[C@H](C)[C@@H]([C@@H](CC(=O)N1CCC[C@H]1[C@H](OC)[C@@H](C)C(=O)N[C@@H](Cc1ccc(OC(=O)Oc2ccc([N+](=O)[O-])cc2)cc1)c1nccs1)OC)N(C)C(=O)[C@@H](CC(=O)[C@H](C(C)C)N(C)C)C(C)C. The largest absolute Gasteiger partial charge is 0.519 e. The molecular formula is C50H72N6O11S. The number of carbonyl (C=O) groups excluding carboxylic acids is 5. The zero-order valence-electron chi connectivity index (χ0n) is 41.7. The Morgan fingerprint density at radius 1 is 0.897 bits per heavy atom. The number of rotatable bonds is 25. The third-order valence-electron chi connectivity index (χ3n) is 13.2. The molecule has 1 aliphatic heterocycles. The molecule has 68 heavy (non-hydrogen) atoms. The highest BCUT2D eigenvalue weighted by molar-refractivity contribution is 7.09. The first kappa shape index (κ1) is 55.3. The summed E-state index contributed by atoms with van der Waals surface area (Å²) in [6.07, 6.45) is 1.95. The van der Waals surface area contributed by atoms with E-state index in [0.717, 1.165) is 18.4 Å². The highest BCUT2D eigenvalue weighted by Gasteiger charge is 2.43. The van der Waals surface area contributed by atoms with Gasteiger partial charge in [-0.05, 0) is 80.9 Å². The number of nitro groups is 1. The van der Waals surface area contributed by atoms with Crippen molar-refractivity contribution in [1.29, 1.82) is 0 Å². The fourth-order valence-corrected chi connectivity index (χ4v) is 10.1. The lowest BCUT2D eigenvalue weighted by Gasteiger charge is -2.41. The van der Waals surface area contributed by atoms with Gasteiger partial charge in [0.15, 0.2) is 5.78 Å². The number of hydrogen-bond acceptors (Lipinski definition) is 14. The fourth-order valence-electron chi connectivity index (χ4n) is 9.46. The van der Waals surface area contributed by atoms with E-state index in [2.05, 4.69) is 17.2 Å². The van der Waals surface area contributed by atoms with Crippen LogP contribution in [0, 0.1) is 39.7 Å². The van der Waals surface area contributed by atoms with Crippen LogP contribution in [0.2, 0.25) is 0 Å². The van der Waals surface area contributed by atoms with Gasteiger partial charge in [0.25, 0.3) is 5.69 Å². The van der Waals surface area contributed by atoms with E-state index >= 15 is 0 Å². The first-order valence-electron chi connectivity index (χ1n) is 23.5. The number of hydrogen-bond donors (Lipinski definition) is 1. The molecule has 0 saturated carbocycles. The Labute approximate surface area is 405 Å². The van der Waals surface area contributed by atoms with Crippen LogP contribution in [0.3, 0.4) is 0 Å². The summed E-state index contributed by atoms with van der Waals surface area (Å²) in [5, 5.41) is 16.6. The molecule has 1 fully saturated rings. The van der Waals surface area contributed by atoms with Crippen molar-refractivity contribution in [2.75, 3.05) is 41.9 Å². The molecule has 1 N–H and O–H groups in total. The van der Waals surface area contributed by atoms with Crippen LogP contribution < -0.4 is 14.8 Å². The third kappa shape index (κ3) is 14.6. The minimum absolute atomic E-state index is 0.00882. The van der Waals surface area contributed by atoms with Gasteiger partial charge >= 0.3 is 6.16 Å². The number of benzene rings is 2. The van der Waals surface area contributed by atoms with Crippen molar-refractivity contribution in [1.82, 2.24) is 25.0 Å². The Morgan fingerprint density at radius 3 is 2.01 bits per heavy atom. The van der Waals surface area contributed by atoms with Crippen LogP contribution in [0.5, 0.6) is 11.5 Å². The number of thiazole rings is 1. The van der Waals surface area contributed by atoms with Gasteiger partial charge in [0.05, 0.1) is 53.6 Å². The van der Waals surface area contributed by atoms with Gasteiger partial charge in [-0.15, -0.1) is 11.3 Å². The topological polar surface area (TPSA) is 200 Å². The molecule has 17 nitrogen and oxygen atoms in total. The number of non-ortho nitro benzene ring substituents is 1. The molecule has 9 atom stereocenters. The number of Topliss-reactive ketones (excluding diaryl/α,β-unsaturated/α-hetero) is 1. The minimum atomic E-state index is -1.02. The van der Waals surface area contributed by atoms with E-state index < -0.39 is 53.2 Å². The van der Waals surface area contributed by atoms with E-state index in [9.17, 15) is 34.1 Å². The molecule has 2 heterocycles.